The molecule has 0 aliphatic carbocycles. The minimum absolute atomic E-state index is 0.000596. The van der Waals surface area contributed by atoms with Gasteiger partial charge in [-0.1, -0.05) is 13.8 Å². The summed E-state index contributed by atoms with van der Waals surface area (Å²) in [5, 5.41) is 9.14. The summed E-state index contributed by atoms with van der Waals surface area (Å²) in [6.45, 7) is 3.89. The van der Waals surface area contributed by atoms with E-state index in [0.29, 0.717) is 6.42 Å². The number of aromatic carboxylic acids is 1. The van der Waals surface area contributed by atoms with Gasteiger partial charge in [-0.3, -0.25) is 0 Å². The quantitative estimate of drug-likeness (QED) is 0.819. The Morgan fingerprint density at radius 3 is 2.62 bits per heavy atom. The van der Waals surface area contributed by atoms with Crippen LogP contribution < -0.4 is 0 Å². The summed E-state index contributed by atoms with van der Waals surface area (Å²) in [7, 11) is 0. The van der Waals surface area contributed by atoms with Crippen LogP contribution in [-0.2, 0) is 4.74 Å². The molecule has 1 atom stereocenters. The maximum atomic E-state index is 12.0. The lowest BCUT2D eigenvalue weighted by molar-refractivity contribution is 0.0180. The molecule has 0 aliphatic heterocycles. The molecule has 21 heavy (non-hydrogen) atoms. The molecule has 0 saturated carbocycles. The van der Waals surface area contributed by atoms with Crippen molar-refractivity contribution in [2.24, 2.45) is 5.92 Å². The van der Waals surface area contributed by atoms with Crippen molar-refractivity contribution < 1.29 is 28.3 Å². The van der Waals surface area contributed by atoms with Gasteiger partial charge in [-0.2, -0.15) is 0 Å². The van der Waals surface area contributed by atoms with Crippen molar-refractivity contribution >= 4 is 11.9 Å². The second-order valence-electron chi connectivity index (χ2n) is 5.04. The molecule has 0 amide bonds. The van der Waals surface area contributed by atoms with E-state index in [9.17, 15) is 9.59 Å². The zero-order valence-electron chi connectivity index (χ0n) is 11.7. The molecule has 0 saturated heterocycles. The molecule has 0 spiro atoms. The molecule has 2 aromatic heterocycles. The van der Waals surface area contributed by atoms with E-state index in [1.54, 1.807) is 0 Å². The molecule has 6 heteroatoms. The largest absolute Gasteiger partial charge is 0.478 e. The van der Waals surface area contributed by atoms with Crippen LogP contribution in [0.5, 0.6) is 0 Å². The molecule has 112 valence electrons. The first-order chi connectivity index (χ1) is 9.99. The molecular formula is C15H16O6. The van der Waals surface area contributed by atoms with Crippen molar-refractivity contribution in [1.29, 1.82) is 0 Å². The van der Waals surface area contributed by atoms with Gasteiger partial charge in [0, 0.05) is 0 Å². The molecule has 1 N–H and O–H groups in total. The molecule has 6 nitrogen and oxygen atoms in total. The van der Waals surface area contributed by atoms with Crippen LogP contribution >= 0.6 is 0 Å². The van der Waals surface area contributed by atoms with Crippen LogP contribution in [-0.4, -0.2) is 17.0 Å². The number of carbonyl (C=O) groups excluding carboxylic acids is 1. The minimum Gasteiger partial charge on any atom is -0.478 e. The summed E-state index contributed by atoms with van der Waals surface area (Å²) in [6, 6.07) is 2.83. The van der Waals surface area contributed by atoms with Crippen molar-refractivity contribution in [2.45, 2.75) is 26.4 Å². The number of carboxylic acids is 1. The number of esters is 1. The van der Waals surface area contributed by atoms with Gasteiger partial charge in [0.05, 0.1) is 18.1 Å². The third-order valence-electron chi connectivity index (χ3n) is 2.91. The first-order valence-corrected chi connectivity index (χ1v) is 6.53. The standard InChI is InChI=1S/C15H16O6/c1-9(2)7-12(13-11(14(16)17)4-6-20-13)21-15(18)10-3-5-19-8-10/h3-6,8-9,12H,7H2,1-2H3,(H,16,17). The minimum atomic E-state index is -1.12. The summed E-state index contributed by atoms with van der Waals surface area (Å²) in [5.41, 5.74) is 0.271. The van der Waals surface area contributed by atoms with E-state index in [0.717, 1.165) is 0 Å². The number of hydrogen-bond donors (Lipinski definition) is 1. The van der Waals surface area contributed by atoms with Crippen molar-refractivity contribution in [3.63, 3.8) is 0 Å². The SMILES string of the molecule is CC(C)CC(OC(=O)c1ccoc1)c1occc1C(=O)O. The third-order valence-corrected chi connectivity index (χ3v) is 2.91. The van der Waals surface area contributed by atoms with Gasteiger partial charge in [0.1, 0.15) is 11.8 Å². The Morgan fingerprint density at radius 2 is 2.05 bits per heavy atom. The number of hydrogen-bond acceptors (Lipinski definition) is 5. The fraction of sp³-hybridized carbons (Fsp3) is 0.333. The highest BCUT2D eigenvalue weighted by molar-refractivity contribution is 5.90. The number of carboxylic acid groups (broad SMARTS) is 1. The van der Waals surface area contributed by atoms with Gasteiger partial charge >= 0.3 is 11.9 Å². The molecule has 0 fully saturated rings. The second-order valence-corrected chi connectivity index (χ2v) is 5.04. The number of rotatable bonds is 6. The molecule has 0 aromatic carbocycles. The lowest BCUT2D eigenvalue weighted by atomic mass is 10.0. The Bertz CT molecular complexity index is 608. The molecule has 0 aliphatic rings. The van der Waals surface area contributed by atoms with Gasteiger partial charge in [-0.25, -0.2) is 9.59 Å². The monoisotopic (exact) mass is 292 g/mol. The van der Waals surface area contributed by atoms with Crippen LogP contribution in [0.1, 0.15) is 52.8 Å². The van der Waals surface area contributed by atoms with E-state index in [-0.39, 0.29) is 22.8 Å². The zero-order valence-corrected chi connectivity index (χ0v) is 11.7. The molecule has 2 aromatic rings. The van der Waals surface area contributed by atoms with Crippen LogP contribution in [0, 0.1) is 5.92 Å². The van der Waals surface area contributed by atoms with E-state index < -0.39 is 18.0 Å². The lowest BCUT2D eigenvalue weighted by Crippen LogP contribution is -2.15. The highest BCUT2D eigenvalue weighted by Gasteiger charge is 2.27. The zero-order chi connectivity index (χ0) is 15.4. The third kappa shape index (κ3) is 3.53. The Labute approximate surface area is 121 Å². The van der Waals surface area contributed by atoms with Gasteiger partial charge in [-0.05, 0) is 24.5 Å². The van der Waals surface area contributed by atoms with Gasteiger partial charge < -0.3 is 18.7 Å². The Kier molecular flexibility index (Phi) is 4.47. The van der Waals surface area contributed by atoms with E-state index in [1.165, 1.54) is 30.9 Å². The van der Waals surface area contributed by atoms with Crippen LogP contribution in [0.3, 0.4) is 0 Å². The summed E-state index contributed by atoms with van der Waals surface area (Å²) in [6.07, 6.45) is 3.61. The number of furan rings is 2. The smallest absolute Gasteiger partial charge is 0.342 e. The van der Waals surface area contributed by atoms with Crippen molar-refractivity contribution in [2.75, 3.05) is 0 Å². The predicted molar refractivity (Wildman–Crippen MR) is 72.0 cm³/mol. The average Bonchev–Trinajstić information content (AvgIpc) is 3.08. The topological polar surface area (TPSA) is 89.9 Å². The number of carbonyl (C=O) groups is 2. The van der Waals surface area contributed by atoms with Gasteiger partial charge in [-0.15, -0.1) is 0 Å². The van der Waals surface area contributed by atoms with Crippen LogP contribution in [0.2, 0.25) is 0 Å². The molecule has 0 bridgehead atoms. The summed E-state index contributed by atoms with van der Waals surface area (Å²) in [5.74, 6) is -1.36. The maximum Gasteiger partial charge on any atom is 0.342 e. The summed E-state index contributed by atoms with van der Waals surface area (Å²) >= 11 is 0. The average molecular weight is 292 g/mol. The van der Waals surface area contributed by atoms with Crippen LogP contribution in [0.25, 0.3) is 0 Å². The van der Waals surface area contributed by atoms with Crippen LogP contribution in [0.15, 0.2) is 39.8 Å². The van der Waals surface area contributed by atoms with E-state index in [2.05, 4.69) is 0 Å². The maximum absolute atomic E-state index is 12.0. The molecule has 2 heterocycles. The second kappa shape index (κ2) is 6.30. The Morgan fingerprint density at radius 1 is 1.29 bits per heavy atom. The normalized spacial score (nSPS) is 12.3. The lowest BCUT2D eigenvalue weighted by Gasteiger charge is -2.18. The van der Waals surface area contributed by atoms with Gasteiger partial charge in [0.15, 0.2) is 11.9 Å². The molecule has 0 radical (unpaired) electrons. The van der Waals surface area contributed by atoms with Crippen molar-refractivity contribution in [3.05, 3.63) is 47.8 Å². The highest BCUT2D eigenvalue weighted by Crippen LogP contribution is 2.30. The first-order valence-electron chi connectivity index (χ1n) is 6.53. The Balaban J connectivity index is 2.24. The molecule has 2 rings (SSSR count). The van der Waals surface area contributed by atoms with E-state index in [4.69, 9.17) is 18.7 Å². The van der Waals surface area contributed by atoms with Crippen molar-refractivity contribution in [3.8, 4) is 0 Å². The van der Waals surface area contributed by atoms with E-state index in [1.807, 2.05) is 13.8 Å². The van der Waals surface area contributed by atoms with Gasteiger partial charge in [0.25, 0.3) is 0 Å². The summed E-state index contributed by atoms with van der Waals surface area (Å²) in [4.78, 5) is 23.2. The fourth-order valence-electron chi connectivity index (χ4n) is 1.96. The van der Waals surface area contributed by atoms with Gasteiger partial charge in [0.2, 0.25) is 0 Å². The number of ether oxygens (including phenoxy) is 1. The Hall–Kier alpha value is -2.50. The summed E-state index contributed by atoms with van der Waals surface area (Å²) < 4.78 is 15.4. The van der Waals surface area contributed by atoms with E-state index >= 15 is 0 Å². The predicted octanol–water partition coefficient (Wildman–Crippen LogP) is 3.52. The molecular weight excluding hydrogens is 276 g/mol. The van der Waals surface area contributed by atoms with Crippen LogP contribution in [0.4, 0.5) is 0 Å². The first kappa shape index (κ1) is 14.9. The molecule has 1 unspecified atom stereocenters. The van der Waals surface area contributed by atoms with Crippen molar-refractivity contribution in [1.82, 2.24) is 0 Å². The highest BCUT2D eigenvalue weighted by atomic mass is 16.6. The fourth-order valence-corrected chi connectivity index (χ4v) is 1.96.